The fourth-order valence-corrected chi connectivity index (χ4v) is 3.20. The molecule has 2 atom stereocenters. The van der Waals surface area contributed by atoms with Crippen molar-refractivity contribution >= 4 is 0 Å². The van der Waals surface area contributed by atoms with Crippen molar-refractivity contribution in [3.8, 4) is 0 Å². The van der Waals surface area contributed by atoms with Gasteiger partial charge in [-0.05, 0) is 38.8 Å². The number of fused-ring (bicyclic) bond motifs is 2. The molecule has 82 valence electrons. The topological polar surface area (TPSA) is 6.48 Å². The third-order valence-electron chi connectivity index (χ3n) is 3.73. The highest BCUT2D eigenvalue weighted by atomic mass is 15.3. The molecule has 2 saturated heterocycles. The molecule has 2 rings (SSSR count). The van der Waals surface area contributed by atoms with Crippen LogP contribution in [0.25, 0.3) is 0 Å². The van der Waals surface area contributed by atoms with Crippen LogP contribution in [0.5, 0.6) is 0 Å². The standard InChI is InChI=1S/C12H24N2/c1-3-7-13-9-11-5-6-12(10-13)14(11)8-4-2/h11-12H,3-10H2,1-2H3/t11-,12+. The maximum absolute atomic E-state index is 2.77. The van der Waals surface area contributed by atoms with Gasteiger partial charge in [0.15, 0.2) is 0 Å². The summed E-state index contributed by atoms with van der Waals surface area (Å²) in [7, 11) is 0. The maximum Gasteiger partial charge on any atom is 0.0227 e. The van der Waals surface area contributed by atoms with Gasteiger partial charge in [0.1, 0.15) is 0 Å². The summed E-state index contributed by atoms with van der Waals surface area (Å²) in [5.74, 6) is 0. The molecule has 0 amide bonds. The minimum Gasteiger partial charge on any atom is -0.300 e. The molecule has 0 aromatic rings. The largest absolute Gasteiger partial charge is 0.300 e. The molecule has 0 unspecified atom stereocenters. The third-order valence-corrected chi connectivity index (χ3v) is 3.73. The summed E-state index contributed by atoms with van der Waals surface area (Å²) in [5.41, 5.74) is 0. The average molecular weight is 196 g/mol. The van der Waals surface area contributed by atoms with E-state index in [4.69, 9.17) is 0 Å². The number of hydrogen-bond donors (Lipinski definition) is 0. The summed E-state index contributed by atoms with van der Waals surface area (Å²) in [6.45, 7) is 9.91. The van der Waals surface area contributed by atoms with E-state index in [0.717, 1.165) is 12.1 Å². The first-order chi connectivity index (χ1) is 6.85. The lowest BCUT2D eigenvalue weighted by molar-refractivity contribution is 0.0672. The van der Waals surface area contributed by atoms with Gasteiger partial charge in [-0.3, -0.25) is 4.90 Å². The molecule has 0 aromatic carbocycles. The van der Waals surface area contributed by atoms with E-state index in [-0.39, 0.29) is 0 Å². The average Bonchev–Trinajstić information content (AvgIpc) is 2.44. The van der Waals surface area contributed by atoms with Gasteiger partial charge in [0, 0.05) is 25.2 Å². The molecule has 0 N–H and O–H groups in total. The predicted octanol–water partition coefficient (Wildman–Crippen LogP) is 1.96. The van der Waals surface area contributed by atoms with E-state index in [1.807, 2.05) is 0 Å². The molecule has 2 aliphatic heterocycles. The molecule has 0 aromatic heterocycles. The molecular weight excluding hydrogens is 172 g/mol. The molecule has 0 spiro atoms. The van der Waals surface area contributed by atoms with Crippen molar-refractivity contribution in [1.82, 2.24) is 9.80 Å². The van der Waals surface area contributed by atoms with Crippen molar-refractivity contribution in [1.29, 1.82) is 0 Å². The van der Waals surface area contributed by atoms with Gasteiger partial charge in [-0.2, -0.15) is 0 Å². The number of hydrogen-bond acceptors (Lipinski definition) is 2. The number of piperazine rings is 1. The minimum atomic E-state index is 0.889. The number of rotatable bonds is 4. The fraction of sp³-hybridized carbons (Fsp3) is 1.00. The Morgan fingerprint density at radius 2 is 1.50 bits per heavy atom. The van der Waals surface area contributed by atoms with Gasteiger partial charge in [0.2, 0.25) is 0 Å². The van der Waals surface area contributed by atoms with Crippen LogP contribution in [0.1, 0.15) is 39.5 Å². The second-order valence-electron chi connectivity index (χ2n) is 4.88. The fourth-order valence-electron chi connectivity index (χ4n) is 3.20. The monoisotopic (exact) mass is 196 g/mol. The van der Waals surface area contributed by atoms with Crippen molar-refractivity contribution in [3.05, 3.63) is 0 Å². The second-order valence-corrected chi connectivity index (χ2v) is 4.88. The molecule has 0 radical (unpaired) electrons. The molecule has 14 heavy (non-hydrogen) atoms. The summed E-state index contributed by atoms with van der Waals surface area (Å²) in [4.78, 5) is 5.45. The Kier molecular flexibility index (Phi) is 3.45. The SMILES string of the molecule is CCCN1C[C@H]2CC[C@@H](C1)N2CCC. The first kappa shape index (κ1) is 10.4. The lowest BCUT2D eigenvalue weighted by atomic mass is 10.1. The van der Waals surface area contributed by atoms with E-state index in [9.17, 15) is 0 Å². The second kappa shape index (κ2) is 4.63. The van der Waals surface area contributed by atoms with Gasteiger partial charge >= 0.3 is 0 Å². The number of likely N-dealkylation sites (tertiary alicyclic amines) is 1. The zero-order valence-corrected chi connectivity index (χ0v) is 9.71. The van der Waals surface area contributed by atoms with Crippen LogP contribution in [0.15, 0.2) is 0 Å². The Balaban J connectivity index is 1.91. The molecule has 2 nitrogen and oxygen atoms in total. The predicted molar refractivity (Wildman–Crippen MR) is 60.5 cm³/mol. The molecule has 2 bridgehead atoms. The zero-order chi connectivity index (χ0) is 9.97. The zero-order valence-electron chi connectivity index (χ0n) is 9.71. The van der Waals surface area contributed by atoms with Crippen LogP contribution in [0.4, 0.5) is 0 Å². The molecular formula is C12H24N2. The first-order valence-corrected chi connectivity index (χ1v) is 6.33. The van der Waals surface area contributed by atoms with Gasteiger partial charge in [0.25, 0.3) is 0 Å². The van der Waals surface area contributed by atoms with E-state index >= 15 is 0 Å². The quantitative estimate of drug-likeness (QED) is 0.678. The lowest BCUT2D eigenvalue weighted by Crippen LogP contribution is -2.53. The van der Waals surface area contributed by atoms with E-state index in [1.165, 1.54) is 51.9 Å². The molecule has 2 aliphatic rings. The smallest absolute Gasteiger partial charge is 0.0227 e. The maximum atomic E-state index is 2.77. The van der Waals surface area contributed by atoms with Crippen molar-refractivity contribution in [2.45, 2.75) is 51.6 Å². The van der Waals surface area contributed by atoms with Crippen LogP contribution in [0.2, 0.25) is 0 Å². The van der Waals surface area contributed by atoms with Crippen LogP contribution in [-0.4, -0.2) is 48.1 Å². The van der Waals surface area contributed by atoms with E-state index in [2.05, 4.69) is 23.6 Å². The van der Waals surface area contributed by atoms with Gasteiger partial charge in [-0.1, -0.05) is 13.8 Å². The van der Waals surface area contributed by atoms with Crippen LogP contribution in [-0.2, 0) is 0 Å². The Hall–Kier alpha value is -0.0800. The highest BCUT2D eigenvalue weighted by molar-refractivity contribution is 4.95. The Morgan fingerprint density at radius 1 is 0.929 bits per heavy atom. The molecule has 0 aliphatic carbocycles. The third kappa shape index (κ3) is 1.96. The van der Waals surface area contributed by atoms with Crippen molar-refractivity contribution in [2.24, 2.45) is 0 Å². The van der Waals surface area contributed by atoms with E-state index < -0.39 is 0 Å². The molecule has 2 heterocycles. The first-order valence-electron chi connectivity index (χ1n) is 6.33. The summed E-state index contributed by atoms with van der Waals surface area (Å²) in [6, 6.07) is 1.78. The summed E-state index contributed by atoms with van der Waals surface area (Å²) in [6.07, 6.45) is 5.53. The summed E-state index contributed by atoms with van der Waals surface area (Å²) < 4.78 is 0. The van der Waals surface area contributed by atoms with E-state index in [0.29, 0.717) is 0 Å². The Bertz CT molecular complexity index is 167. The summed E-state index contributed by atoms with van der Waals surface area (Å²) in [5, 5.41) is 0. The summed E-state index contributed by atoms with van der Waals surface area (Å²) >= 11 is 0. The van der Waals surface area contributed by atoms with Gasteiger partial charge < -0.3 is 4.90 Å². The molecule has 2 fully saturated rings. The molecule has 0 saturated carbocycles. The lowest BCUT2D eigenvalue weighted by Gasteiger charge is -2.41. The van der Waals surface area contributed by atoms with Crippen LogP contribution in [0.3, 0.4) is 0 Å². The normalized spacial score (nSPS) is 33.9. The van der Waals surface area contributed by atoms with Crippen LogP contribution < -0.4 is 0 Å². The minimum absolute atomic E-state index is 0.889. The van der Waals surface area contributed by atoms with Gasteiger partial charge in [-0.15, -0.1) is 0 Å². The van der Waals surface area contributed by atoms with Crippen LogP contribution in [0, 0.1) is 0 Å². The van der Waals surface area contributed by atoms with Gasteiger partial charge in [0.05, 0.1) is 0 Å². The van der Waals surface area contributed by atoms with Gasteiger partial charge in [-0.25, -0.2) is 0 Å². The van der Waals surface area contributed by atoms with Crippen molar-refractivity contribution in [2.75, 3.05) is 26.2 Å². The molecule has 2 heteroatoms. The Morgan fingerprint density at radius 3 is 2.00 bits per heavy atom. The van der Waals surface area contributed by atoms with Crippen molar-refractivity contribution in [3.63, 3.8) is 0 Å². The van der Waals surface area contributed by atoms with Crippen molar-refractivity contribution < 1.29 is 0 Å². The Labute approximate surface area is 88.3 Å². The van der Waals surface area contributed by atoms with Crippen LogP contribution >= 0.6 is 0 Å². The highest BCUT2D eigenvalue weighted by Gasteiger charge is 2.38. The number of nitrogens with zero attached hydrogens (tertiary/aromatic N) is 2. The van der Waals surface area contributed by atoms with E-state index in [1.54, 1.807) is 0 Å². The highest BCUT2D eigenvalue weighted by Crippen LogP contribution is 2.29.